The molecule has 1 unspecified atom stereocenters. The first-order valence-corrected chi connectivity index (χ1v) is 15.2. The van der Waals surface area contributed by atoms with Crippen LogP contribution in [0.25, 0.3) is 6.08 Å². The van der Waals surface area contributed by atoms with E-state index in [4.69, 9.17) is 9.16 Å². The Hall–Kier alpha value is -1.65. The lowest BCUT2D eigenvalue weighted by atomic mass is 10.1. The summed E-state index contributed by atoms with van der Waals surface area (Å²) in [6, 6.07) is 8.48. The van der Waals surface area contributed by atoms with E-state index in [1.165, 1.54) is 44.6 Å². The first kappa shape index (κ1) is 28.4. The molecule has 1 rings (SSSR count). The fraction of sp³-hybridized carbons (Fsp3) is 0.607. The van der Waals surface area contributed by atoms with Crippen LogP contribution >= 0.6 is 0 Å². The molecule has 0 aromatic heterocycles. The zero-order chi connectivity index (χ0) is 24.0. The van der Waals surface area contributed by atoms with E-state index < -0.39 is 8.32 Å². The standard InChI is InChI=1S/C28H46O3Si/c1-8-9-10-11-12-13-20-27(31-24(2)29)21-15-14-17-25-18-16-19-26(22-25)23-30-32(6,7)28(3,4)5/h14-19,21-22,27H,8-13,20,23H2,1-7H3. The highest BCUT2D eigenvalue weighted by atomic mass is 28.4. The molecule has 0 radical (unpaired) electrons. The molecule has 0 spiro atoms. The monoisotopic (exact) mass is 458 g/mol. The number of ether oxygens (including phenoxy) is 1. The van der Waals surface area contributed by atoms with Crippen LogP contribution in [0, 0.1) is 0 Å². The lowest BCUT2D eigenvalue weighted by Crippen LogP contribution is -2.40. The largest absolute Gasteiger partial charge is 0.458 e. The van der Waals surface area contributed by atoms with Crippen molar-refractivity contribution in [3.05, 3.63) is 53.6 Å². The highest BCUT2D eigenvalue weighted by Crippen LogP contribution is 2.37. The summed E-state index contributed by atoms with van der Waals surface area (Å²) in [5.41, 5.74) is 2.34. The Balaban J connectivity index is 2.60. The van der Waals surface area contributed by atoms with Crippen LogP contribution in [0.2, 0.25) is 18.1 Å². The maximum Gasteiger partial charge on any atom is 0.303 e. The lowest BCUT2D eigenvalue weighted by Gasteiger charge is -2.36. The quantitative estimate of drug-likeness (QED) is 0.121. The normalized spacial score (nSPS) is 13.7. The van der Waals surface area contributed by atoms with Gasteiger partial charge in [-0.2, -0.15) is 0 Å². The summed E-state index contributed by atoms with van der Waals surface area (Å²) in [5, 5.41) is 0.212. The molecule has 0 aliphatic carbocycles. The van der Waals surface area contributed by atoms with Gasteiger partial charge in [0, 0.05) is 6.92 Å². The van der Waals surface area contributed by atoms with E-state index in [2.05, 4.69) is 71.1 Å². The van der Waals surface area contributed by atoms with E-state index >= 15 is 0 Å². The number of hydrogen-bond donors (Lipinski definition) is 0. The minimum atomic E-state index is -1.75. The molecule has 1 atom stereocenters. The number of carbonyl (C=O) groups is 1. The van der Waals surface area contributed by atoms with Gasteiger partial charge in [0.15, 0.2) is 8.32 Å². The molecule has 0 heterocycles. The van der Waals surface area contributed by atoms with Crippen LogP contribution in [0.5, 0.6) is 0 Å². The van der Waals surface area contributed by atoms with Crippen molar-refractivity contribution in [1.82, 2.24) is 0 Å². The number of esters is 1. The summed E-state index contributed by atoms with van der Waals surface area (Å²) in [6.45, 7) is 15.7. The summed E-state index contributed by atoms with van der Waals surface area (Å²) in [4.78, 5) is 11.4. The maximum atomic E-state index is 11.4. The average Bonchev–Trinajstić information content (AvgIpc) is 2.71. The minimum Gasteiger partial charge on any atom is -0.458 e. The van der Waals surface area contributed by atoms with Crippen molar-refractivity contribution < 1.29 is 14.0 Å². The third kappa shape index (κ3) is 11.8. The van der Waals surface area contributed by atoms with E-state index in [1.807, 2.05) is 18.2 Å². The van der Waals surface area contributed by atoms with Crippen LogP contribution in [-0.2, 0) is 20.6 Å². The van der Waals surface area contributed by atoms with Crippen LogP contribution in [0.1, 0.15) is 90.7 Å². The Morgan fingerprint density at radius 1 is 1.06 bits per heavy atom. The van der Waals surface area contributed by atoms with Crippen LogP contribution in [0.3, 0.4) is 0 Å². The molecule has 0 N–H and O–H groups in total. The third-order valence-corrected chi connectivity index (χ3v) is 10.7. The number of hydrogen-bond acceptors (Lipinski definition) is 3. The molecule has 1 aromatic rings. The zero-order valence-electron chi connectivity index (χ0n) is 21.6. The van der Waals surface area contributed by atoms with Gasteiger partial charge in [-0.25, -0.2) is 0 Å². The fourth-order valence-electron chi connectivity index (χ4n) is 3.16. The Bertz CT molecular complexity index is 728. The fourth-order valence-corrected chi connectivity index (χ4v) is 4.12. The summed E-state index contributed by atoms with van der Waals surface area (Å²) in [6.07, 6.45) is 16.2. The molecule has 180 valence electrons. The molecule has 4 heteroatoms. The van der Waals surface area contributed by atoms with Crippen molar-refractivity contribution in [1.29, 1.82) is 0 Å². The van der Waals surface area contributed by atoms with Gasteiger partial charge in [-0.05, 0) is 54.2 Å². The predicted molar refractivity (Wildman–Crippen MR) is 140 cm³/mol. The van der Waals surface area contributed by atoms with Gasteiger partial charge in [0.2, 0.25) is 0 Å². The summed E-state index contributed by atoms with van der Waals surface area (Å²) >= 11 is 0. The maximum absolute atomic E-state index is 11.4. The SMILES string of the molecule is CCCCCCCCC(C=CC=Cc1cccc(CO[Si](C)(C)C(C)(C)C)c1)OC(C)=O. The molecule has 0 fully saturated rings. The Morgan fingerprint density at radius 3 is 2.41 bits per heavy atom. The van der Waals surface area contributed by atoms with Gasteiger partial charge in [0.25, 0.3) is 0 Å². The van der Waals surface area contributed by atoms with Gasteiger partial charge >= 0.3 is 5.97 Å². The highest BCUT2D eigenvalue weighted by molar-refractivity contribution is 6.74. The van der Waals surface area contributed by atoms with Crippen LogP contribution in [-0.4, -0.2) is 20.4 Å². The van der Waals surface area contributed by atoms with Crippen molar-refractivity contribution in [2.75, 3.05) is 0 Å². The highest BCUT2D eigenvalue weighted by Gasteiger charge is 2.36. The summed E-state index contributed by atoms with van der Waals surface area (Å²) in [7, 11) is -1.75. The van der Waals surface area contributed by atoms with Gasteiger partial charge in [-0.1, -0.05) is 96.2 Å². The molecular formula is C28H46O3Si. The molecule has 3 nitrogen and oxygen atoms in total. The second-order valence-corrected chi connectivity index (χ2v) is 15.1. The molecule has 0 saturated carbocycles. The second kappa shape index (κ2) is 14.5. The molecule has 1 aromatic carbocycles. The molecule has 0 bridgehead atoms. The lowest BCUT2D eigenvalue weighted by molar-refractivity contribution is -0.144. The van der Waals surface area contributed by atoms with E-state index in [9.17, 15) is 4.79 Å². The number of rotatable bonds is 14. The summed E-state index contributed by atoms with van der Waals surface area (Å²) in [5.74, 6) is -0.218. The number of allylic oxidation sites excluding steroid dienone is 2. The molecule has 0 aliphatic rings. The van der Waals surface area contributed by atoms with E-state index in [-0.39, 0.29) is 17.1 Å². The number of unbranched alkanes of at least 4 members (excludes halogenated alkanes) is 5. The van der Waals surface area contributed by atoms with Crippen LogP contribution < -0.4 is 0 Å². The van der Waals surface area contributed by atoms with Gasteiger partial charge in [0.1, 0.15) is 6.10 Å². The topological polar surface area (TPSA) is 35.5 Å². The number of benzene rings is 1. The first-order valence-electron chi connectivity index (χ1n) is 12.3. The van der Waals surface area contributed by atoms with Gasteiger partial charge < -0.3 is 9.16 Å². The second-order valence-electron chi connectivity index (χ2n) is 10.2. The van der Waals surface area contributed by atoms with E-state index in [0.29, 0.717) is 6.61 Å². The first-order chi connectivity index (χ1) is 15.0. The zero-order valence-corrected chi connectivity index (χ0v) is 22.6. The van der Waals surface area contributed by atoms with Gasteiger partial charge in [-0.3, -0.25) is 4.79 Å². The van der Waals surface area contributed by atoms with Crippen molar-refractivity contribution in [3.8, 4) is 0 Å². The minimum absolute atomic E-state index is 0.146. The Morgan fingerprint density at radius 2 is 1.75 bits per heavy atom. The van der Waals surface area contributed by atoms with Gasteiger partial charge in [-0.15, -0.1) is 0 Å². The molecular weight excluding hydrogens is 412 g/mol. The Labute approximate surface area is 198 Å². The van der Waals surface area contributed by atoms with Gasteiger partial charge in [0.05, 0.1) is 6.61 Å². The van der Waals surface area contributed by atoms with E-state index in [0.717, 1.165) is 18.4 Å². The van der Waals surface area contributed by atoms with Crippen molar-refractivity contribution in [2.24, 2.45) is 0 Å². The van der Waals surface area contributed by atoms with Crippen molar-refractivity contribution >= 4 is 20.4 Å². The van der Waals surface area contributed by atoms with Crippen LogP contribution in [0.15, 0.2) is 42.5 Å². The number of carbonyl (C=O) groups excluding carboxylic acids is 1. The van der Waals surface area contributed by atoms with Crippen LogP contribution in [0.4, 0.5) is 0 Å². The Kier molecular flexibility index (Phi) is 12.8. The summed E-state index contributed by atoms with van der Waals surface area (Å²) < 4.78 is 11.8. The molecule has 0 amide bonds. The molecule has 0 aliphatic heterocycles. The average molecular weight is 459 g/mol. The molecule has 0 saturated heterocycles. The van der Waals surface area contributed by atoms with E-state index in [1.54, 1.807) is 0 Å². The predicted octanol–water partition coefficient (Wildman–Crippen LogP) is 8.46. The van der Waals surface area contributed by atoms with Crippen molar-refractivity contribution in [2.45, 2.75) is 110 Å². The van der Waals surface area contributed by atoms with Crippen molar-refractivity contribution in [3.63, 3.8) is 0 Å². The third-order valence-electron chi connectivity index (χ3n) is 6.24. The molecule has 32 heavy (non-hydrogen) atoms. The smallest absolute Gasteiger partial charge is 0.303 e.